The van der Waals surface area contributed by atoms with Crippen LogP contribution in [0.4, 0.5) is 5.69 Å². The van der Waals surface area contributed by atoms with Crippen LogP contribution >= 0.6 is 11.6 Å². The molecule has 0 heterocycles. The molecule has 0 saturated heterocycles. The van der Waals surface area contributed by atoms with Gasteiger partial charge in [0.1, 0.15) is 5.75 Å². The molecule has 0 aliphatic heterocycles. The molecule has 0 fully saturated rings. The number of carbonyl (C=O) groups is 2. The van der Waals surface area contributed by atoms with Gasteiger partial charge in [0.2, 0.25) is 0 Å². The van der Waals surface area contributed by atoms with Crippen molar-refractivity contribution in [2.45, 2.75) is 33.8 Å². The zero-order valence-electron chi connectivity index (χ0n) is 15.5. The van der Waals surface area contributed by atoms with Crippen molar-refractivity contribution < 1.29 is 19.1 Å². The molecule has 0 saturated carbocycles. The number of anilines is 1. The van der Waals surface area contributed by atoms with Crippen LogP contribution in [0.2, 0.25) is 5.02 Å². The number of aryl methyl sites for hydroxylation is 3. The van der Waals surface area contributed by atoms with Crippen LogP contribution in [0, 0.1) is 20.8 Å². The van der Waals surface area contributed by atoms with Crippen LogP contribution in [0.25, 0.3) is 0 Å². The van der Waals surface area contributed by atoms with Crippen molar-refractivity contribution in [3.8, 4) is 5.75 Å². The number of rotatable bonds is 5. The number of nitrogens with one attached hydrogen (secondary N) is 1. The first kappa shape index (κ1) is 19.8. The van der Waals surface area contributed by atoms with Gasteiger partial charge in [-0.1, -0.05) is 17.7 Å². The summed E-state index contributed by atoms with van der Waals surface area (Å²) >= 11 is 6.15. The van der Waals surface area contributed by atoms with Crippen molar-refractivity contribution in [1.29, 1.82) is 0 Å². The van der Waals surface area contributed by atoms with E-state index in [2.05, 4.69) is 5.32 Å². The maximum atomic E-state index is 12.5. The lowest BCUT2D eigenvalue weighted by molar-refractivity contribution is -0.122. The number of methoxy groups -OCH3 is 1. The number of halogens is 1. The van der Waals surface area contributed by atoms with Gasteiger partial charge in [-0.2, -0.15) is 0 Å². The van der Waals surface area contributed by atoms with E-state index in [0.717, 1.165) is 16.7 Å². The molecule has 5 nitrogen and oxygen atoms in total. The first-order chi connectivity index (χ1) is 12.2. The van der Waals surface area contributed by atoms with Crippen LogP contribution in [-0.2, 0) is 9.53 Å². The van der Waals surface area contributed by atoms with Crippen LogP contribution < -0.4 is 10.1 Å². The molecule has 0 bridgehead atoms. The highest BCUT2D eigenvalue weighted by molar-refractivity contribution is 6.32. The van der Waals surface area contributed by atoms with Crippen molar-refractivity contribution in [2.24, 2.45) is 0 Å². The van der Waals surface area contributed by atoms with Gasteiger partial charge < -0.3 is 14.8 Å². The minimum atomic E-state index is -0.726. The van der Waals surface area contributed by atoms with E-state index in [1.165, 1.54) is 7.11 Å². The molecule has 138 valence electrons. The van der Waals surface area contributed by atoms with E-state index in [9.17, 15) is 9.59 Å². The van der Waals surface area contributed by atoms with Gasteiger partial charge >= 0.3 is 5.97 Å². The van der Waals surface area contributed by atoms with Gasteiger partial charge in [-0.15, -0.1) is 0 Å². The fraction of sp³-hybridized carbons (Fsp3) is 0.300. The fourth-order valence-electron chi connectivity index (χ4n) is 2.47. The predicted molar refractivity (Wildman–Crippen MR) is 102 cm³/mol. The molecular formula is C20H22ClNO4. The summed E-state index contributed by atoms with van der Waals surface area (Å²) in [7, 11) is 1.31. The van der Waals surface area contributed by atoms with Crippen LogP contribution in [0.15, 0.2) is 30.3 Å². The van der Waals surface area contributed by atoms with E-state index < -0.39 is 12.1 Å². The maximum Gasteiger partial charge on any atom is 0.337 e. The molecule has 0 aliphatic carbocycles. The maximum absolute atomic E-state index is 12.5. The molecule has 0 spiro atoms. The normalized spacial score (nSPS) is 11.6. The Labute approximate surface area is 158 Å². The quantitative estimate of drug-likeness (QED) is 0.784. The third-order valence-corrected chi connectivity index (χ3v) is 4.60. The van der Waals surface area contributed by atoms with Crippen molar-refractivity contribution >= 4 is 29.2 Å². The minimum absolute atomic E-state index is 0.319. The molecule has 0 aliphatic rings. The molecule has 1 amide bonds. The highest BCUT2D eigenvalue weighted by Crippen LogP contribution is 2.26. The molecule has 2 aromatic rings. The molecule has 0 radical (unpaired) electrons. The van der Waals surface area contributed by atoms with Gasteiger partial charge in [0.05, 0.1) is 12.7 Å². The van der Waals surface area contributed by atoms with E-state index in [1.807, 2.05) is 20.8 Å². The number of benzene rings is 2. The second kappa shape index (κ2) is 8.23. The summed E-state index contributed by atoms with van der Waals surface area (Å²) in [6.07, 6.45) is -0.726. The van der Waals surface area contributed by atoms with Gasteiger partial charge in [-0.25, -0.2) is 4.79 Å². The van der Waals surface area contributed by atoms with Crippen molar-refractivity contribution in [3.05, 3.63) is 57.6 Å². The predicted octanol–water partition coefficient (Wildman–Crippen LogP) is 4.46. The molecule has 1 N–H and O–H groups in total. The number of amides is 1. The first-order valence-corrected chi connectivity index (χ1v) is 8.54. The lowest BCUT2D eigenvalue weighted by atomic mass is 10.1. The Kier molecular flexibility index (Phi) is 6.27. The number of ether oxygens (including phenoxy) is 2. The number of carbonyl (C=O) groups excluding carboxylic acids is 2. The van der Waals surface area contributed by atoms with Crippen molar-refractivity contribution in [2.75, 3.05) is 12.4 Å². The van der Waals surface area contributed by atoms with E-state index in [1.54, 1.807) is 37.3 Å². The molecule has 0 aromatic heterocycles. The molecule has 26 heavy (non-hydrogen) atoms. The Morgan fingerprint density at radius 1 is 1.04 bits per heavy atom. The lowest BCUT2D eigenvalue weighted by Crippen LogP contribution is -2.30. The van der Waals surface area contributed by atoms with E-state index in [0.29, 0.717) is 22.0 Å². The number of esters is 1. The summed E-state index contributed by atoms with van der Waals surface area (Å²) < 4.78 is 10.4. The summed E-state index contributed by atoms with van der Waals surface area (Å²) in [6.45, 7) is 7.27. The Bertz CT molecular complexity index is 825. The molecular weight excluding hydrogens is 354 g/mol. The largest absolute Gasteiger partial charge is 0.481 e. The van der Waals surface area contributed by atoms with Crippen LogP contribution in [0.1, 0.15) is 34.0 Å². The van der Waals surface area contributed by atoms with Crippen LogP contribution in [-0.4, -0.2) is 25.1 Å². The smallest absolute Gasteiger partial charge is 0.337 e. The highest BCUT2D eigenvalue weighted by Gasteiger charge is 2.18. The molecule has 1 atom stereocenters. The zero-order valence-corrected chi connectivity index (χ0v) is 16.2. The standard InChI is InChI=1S/C20H22ClNO4/c1-11-6-7-15(20(24)25-5)10-17(11)22-19(23)14(4)26-16-8-12(2)18(21)13(3)9-16/h6-10,14H,1-5H3,(H,22,23)/t14-/m0/s1. The second-order valence-electron chi connectivity index (χ2n) is 6.14. The summed E-state index contributed by atoms with van der Waals surface area (Å²) in [5.74, 6) is -0.204. The average molecular weight is 376 g/mol. The Morgan fingerprint density at radius 2 is 1.65 bits per heavy atom. The molecule has 2 rings (SSSR count). The minimum Gasteiger partial charge on any atom is -0.481 e. The second-order valence-corrected chi connectivity index (χ2v) is 6.52. The van der Waals surface area contributed by atoms with E-state index >= 15 is 0 Å². The van der Waals surface area contributed by atoms with Gasteiger partial charge in [0.25, 0.3) is 5.91 Å². The van der Waals surface area contributed by atoms with Crippen LogP contribution in [0.3, 0.4) is 0 Å². The van der Waals surface area contributed by atoms with Gasteiger partial charge in [0, 0.05) is 10.7 Å². The van der Waals surface area contributed by atoms with E-state index in [-0.39, 0.29) is 5.91 Å². The first-order valence-electron chi connectivity index (χ1n) is 8.16. The molecule has 0 unspecified atom stereocenters. The topological polar surface area (TPSA) is 64.6 Å². The summed E-state index contributed by atoms with van der Waals surface area (Å²) in [5.41, 5.74) is 3.51. The Balaban J connectivity index is 2.13. The summed E-state index contributed by atoms with van der Waals surface area (Å²) in [6, 6.07) is 8.57. The zero-order chi connectivity index (χ0) is 19.4. The van der Waals surface area contributed by atoms with Crippen molar-refractivity contribution in [3.63, 3.8) is 0 Å². The van der Waals surface area contributed by atoms with E-state index in [4.69, 9.17) is 21.1 Å². The Hall–Kier alpha value is -2.53. The highest BCUT2D eigenvalue weighted by atomic mass is 35.5. The SMILES string of the molecule is COC(=O)c1ccc(C)c(NC(=O)[C@H](C)Oc2cc(C)c(Cl)c(C)c2)c1. The number of hydrogen-bond donors (Lipinski definition) is 1. The molecule has 6 heteroatoms. The number of hydrogen-bond acceptors (Lipinski definition) is 4. The third kappa shape index (κ3) is 4.55. The van der Waals surface area contributed by atoms with Crippen LogP contribution in [0.5, 0.6) is 5.75 Å². The summed E-state index contributed by atoms with van der Waals surface area (Å²) in [4.78, 5) is 24.1. The van der Waals surface area contributed by atoms with Gasteiger partial charge in [0.15, 0.2) is 6.10 Å². The third-order valence-electron chi connectivity index (χ3n) is 4.01. The van der Waals surface area contributed by atoms with Gasteiger partial charge in [-0.05, 0) is 68.7 Å². The van der Waals surface area contributed by atoms with Gasteiger partial charge in [-0.3, -0.25) is 4.79 Å². The lowest BCUT2D eigenvalue weighted by Gasteiger charge is -2.17. The summed E-state index contributed by atoms with van der Waals surface area (Å²) in [5, 5.41) is 3.48. The molecule has 2 aromatic carbocycles. The fourth-order valence-corrected chi connectivity index (χ4v) is 2.58. The monoisotopic (exact) mass is 375 g/mol. The average Bonchev–Trinajstić information content (AvgIpc) is 2.60. The Morgan fingerprint density at radius 3 is 2.23 bits per heavy atom. The van der Waals surface area contributed by atoms with Crippen molar-refractivity contribution in [1.82, 2.24) is 0 Å².